The van der Waals surface area contributed by atoms with Gasteiger partial charge in [-0.05, 0) is 49.7 Å². The molecule has 0 radical (unpaired) electrons. The molecule has 3 fully saturated rings. The summed E-state index contributed by atoms with van der Waals surface area (Å²) in [5.74, 6) is -0.252. The van der Waals surface area contributed by atoms with Crippen molar-refractivity contribution in [2.45, 2.75) is 44.7 Å². The maximum atomic E-state index is 12.8. The van der Waals surface area contributed by atoms with Crippen LogP contribution in [0.1, 0.15) is 41.6 Å². The fraction of sp³-hybridized carbons (Fsp3) is 0.591. The zero-order valence-electron chi connectivity index (χ0n) is 16.8. The minimum absolute atomic E-state index is 0.0377. The van der Waals surface area contributed by atoms with Crippen LogP contribution in [-0.2, 0) is 9.59 Å². The Balaban J connectivity index is 1.52. The highest BCUT2D eigenvalue weighted by molar-refractivity contribution is 5.95. The van der Waals surface area contributed by atoms with Gasteiger partial charge < -0.3 is 15.3 Å². The highest BCUT2D eigenvalue weighted by Crippen LogP contribution is 2.41. The standard InChI is InChI=1S/C22H29N3O4/c1-14-5-2-3-6-17(14)22(29)23-10-19-16-9-15(11-24(12-16)13-21(27)28)18-7-4-8-20(26)25(18)19/h2-3,5-6,15-16,18-19H,4,7-13H2,1H3,(H,23,29)(H,27,28)/t15-,16+,18+,19+/m1/s1. The number of amides is 2. The van der Waals surface area contributed by atoms with Crippen LogP contribution < -0.4 is 5.32 Å². The molecule has 2 bridgehead atoms. The van der Waals surface area contributed by atoms with Crippen molar-refractivity contribution in [3.8, 4) is 0 Å². The first kappa shape index (κ1) is 19.9. The Morgan fingerprint density at radius 2 is 1.97 bits per heavy atom. The maximum absolute atomic E-state index is 12.8. The monoisotopic (exact) mass is 399 g/mol. The van der Waals surface area contributed by atoms with Gasteiger partial charge in [0.25, 0.3) is 5.91 Å². The van der Waals surface area contributed by atoms with E-state index in [1.54, 1.807) is 0 Å². The van der Waals surface area contributed by atoms with Gasteiger partial charge in [-0.25, -0.2) is 0 Å². The minimum atomic E-state index is -0.814. The van der Waals surface area contributed by atoms with Crippen molar-refractivity contribution in [2.75, 3.05) is 26.2 Å². The smallest absolute Gasteiger partial charge is 0.317 e. The number of hydrogen-bond donors (Lipinski definition) is 2. The van der Waals surface area contributed by atoms with Crippen molar-refractivity contribution >= 4 is 17.8 Å². The lowest BCUT2D eigenvalue weighted by atomic mass is 9.72. The van der Waals surface area contributed by atoms with E-state index in [9.17, 15) is 19.5 Å². The zero-order chi connectivity index (χ0) is 20.5. The number of benzene rings is 1. The molecule has 4 rings (SSSR count). The molecule has 156 valence electrons. The van der Waals surface area contributed by atoms with Crippen molar-refractivity contribution in [1.29, 1.82) is 0 Å². The number of carbonyl (C=O) groups is 3. The number of fused-ring (bicyclic) bond motifs is 4. The summed E-state index contributed by atoms with van der Waals surface area (Å²) in [4.78, 5) is 40.8. The second-order valence-corrected chi connectivity index (χ2v) is 8.70. The Bertz CT molecular complexity index is 811. The largest absolute Gasteiger partial charge is 0.480 e. The van der Waals surface area contributed by atoms with E-state index in [1.807, 2.05) is 41.0 Å². The Hall–Kier alpha value is -2.41. The molecule has 0 aliphatic carbocycles. The van der Waals surface area contributed by atoms with Crippen LogP contribution in [0.4, 0.5) is 0 Å². The molecule has 7 heteroatoms. The van der Waals surface area contributed by atoms with Gasteiger partial charge in [0.2, 0.25) is 5.91 Å². The molecule has 2 amide bonds. The van der Waals surface area contributed by atoms with Crippen LogP contribution in [0.25, 0.3) is 0 Å². The number of carboxylic acid groups (broad SMARTS) is 1. The van der Waals surface area contributed by atoms with Crippen molar-refractivity contribution in [3.05, 3.63) is 35.4 Å². The number of carboxylic acids is 1. The predicted molar refractivity (Wildman–Crippen MR) is 107 cm³/mol. The van der Waals surface area contributed by atoms with Gasteiger partial charge in [0.1, 0.15) is 0 Å². The van der Waals surface area contributed by atoms with Gasteiger partial charge >= 0.3 is 5.97 Å². The van der Waals surface area contributed by atoms with E-state index in [4.69, 9.17) is 0 Å². The third-order valence-electron chi connectivity index (χ3n) is 6.79. The van der Waals surface area contributed by atoms with Gasteiger partial charge in [-0.2, -0.15) is 0 Å². The van der Waals surface area contributed by atoms with Crippen LogP contribution in [0.3, 0.4) is 0 Å². The van der Waals surface area contributed by atoms with Crippen molar-refractivity contribution in [3.63, 3.8) is 0 Å². The summed E-state index contributed by atoms with van der Waals surface area (Å²) >= 11 is 0. The van der Waals surface area contributed by atoms with Crippen molar-refractivity contribution in [1.82, 2.24) is 15.1 Å². The van der Waals surface area contributed by atoms with E-state index in [0.717, 1.165) is 31.4 Å². The molecule has 3 heterocycles. The van der Waals surface area contributed by atoms with Crippen molar-refractivity contribution < 1.29 is 19.5 Å². The van der Waals surface area contributed by atoms with E-state index < -0.39 is 5.97 Å². The number of aryl methyl sites for hydroxylation is 1. The zero-order valence-corrected chi connectivity index (χ0v) is 16.8. The Kier molecular flexibility index (Phi) is 5.58. The SMILES string of the molecule is Cc1ccccc1C(=O)NC[C@H]1[C@H]2C[C@H](CN(CC(=O)O)C2)[C@@H]2CCCC(=O)N21. The first-order chi connectivity index (χ1) is 13.9. The molecule has 0 unspecified atom stereocenters. The molecule has 2 N–H and O–H groups in total. The maximum Gasteiger partial charge on any atom is 0.317 e. The summed E-state index contributed by atoms with van der Waals surface area (Å²) < 4.78 is 0. The molecular formula is C22H29N3O4. The lowest BCUT2D eigenvalue weighted by Gasteiger charge is -2.56. The molecule has 1 aromatic rings. The summed E-state index contributed by atoms with van der Waals surface area (Å²) in [6.07, 6.45) is 3.42. The van der Waals surface area contributed by atoms with Crippen LogP contribution in [0.15, 0.2) is 24.3 Å². The van der Waals surface area contributed by atoms with E-state index in [1.165, 1.54) is 0 Å². The highest BCUT2D eigenvalue weighted by atomic mass is 16.4. The molecule has 1 aromatic carbocycles. The average molecular weight is 399 g/mol. The van der Waals surface area contributed by atoms with Gasteiger partial charge in [-0.15, -0.1) is 0 Å². The third kappa shape index (κ3) is 4.01. The topological polar surface area (TPSA) is 90.0 Å². The first-order valence-electron chi connectivity index (χ1n) is 10.5. The Morgan fingerprint density at radius 1 is 1.21 bits per heavy atom. The normalized spacial score (nSPS) is 29.3. The number of piperidine rings is 3. The van der Waals surface area contributed by atoms with Crippen molar-refractivity contribution in [2.24, 2.45) is 11.8 Å². The summed E-state index contributed by atoms with van der Waals surface area (Å²) in [6.45, 7) is 3.75. The van der Waals surface area contributed by atoms with Crippen LogP contribution in [0.5, 0.6) is 0 Å². The molecule has 29 heavy (non-hydrogen) atoms. The van der Waals surface area contributed by atoms with E-state index in [-0.39, 0.29) is 36.4 Å². The van der Waals surface area contributed by atoms with Crippen LogP contribution in [0, 0.1) is 18.8 Å². The first-order valence-corrected chi connectivity index (χ1v) is 10.5. The number of aliphatic carboxylic acids is 1. The van der Waals surface area contributed by atoms with Gasteiger partial charge in [-0.1, -0.05) is 18.2 Å². The molecule has 0 saturated carbocycles. The second-order valence-electron chi connectivity index (χ2n) is 8.70. The van der Waals surface area contributed by atoms with E-state index in [2.05, 4.69) is 5.32 Å². The number of hydrogen-bond acceptors (Lipinski definition) is 4. The molecule has 0 aromatic heterocycles. The molecule has 3 saturated heterocycles. The van der Waals surface area contributed by atoms with Gasteiger partial charge in [-0.3, -0.25) is 19.3 Å². The lowest BCUT2D eigenvalue weighted by molar-refractivity contribution is -0.154. The Morgan fingerprint density at radius 3 is 2.72 bits per heavy atom. The quantitative estimate of drug-likeness (QED) is 0.783. The molecule has 7 nitrogen and oxygen atoms in total. The van der Waals surface area contributed by atoms with Crippen LogP contribution in [-0.4, -0.2) is 71.0 Å². The predicted octanol–water partition coefficient (Wildman–Crippen LogP) is 1.51. The molecular weight excluding hydrogens is 370 g/mol. The van der Waals surface area contributed by atoms with Gasteiger partial charge in [0, 0.05) is 37.7 Å². The second kappa shape index (κ2) is 8.14. The third-order valence-corrected chi connectivity index (χ3v) is 6.79. The number of carbonyl (C=O) groups excluding carboxylic acids is 2. The Labute approximate surface area is 171 Å². The number of nitrogens with one attached hydrogen (secondary N) is 1. The summed E-state index contributed by atoms with van der Waals surface area (Å²) in [6, 6.07) is 7.56. The summed E-state index contributed by atoms with van der Waals surface area (Å²) in [5, 5.41) is 12.3. The molecule has 0 spiro atoms. The fourth-order valence-corrected chi connectivity index (χ4v) is 5.58. The van der Waals surface area contributed by atoms with Crippen LogP contribution >= 0.6 is 0 Å². The van der Waals surface area contributed by atoms with E-state index >= 15 is 0 Å². The number of rotatable bonds is 5. The lowest BCUT2D eigenvalue weighted by Crippen LogP contribution is -2.67. The fourth-order valence-electron chi connectivity index (χ4n) is 5.58. The minimum Gasteiger partial charge on any atom is -0.480 e. The van der Waals surface area contributed by atoms with Gasteiger partial charge in [0.05, 0.1) is 12.6 Å². The number of nitrogens with zero attached hydrogens (tertiary/aromatic N) is 2. The highest BCUT2D eigenvalue weighted by Gasteiger charge is 2.49. The molecule has 4 atom stereocenters. The molecule has 3 aliphatic heterocycles. The summed E-state index contributed by atoms with van der Waals surface area (Å²) in [5.41, 5.74) is 1.57. The van der Waals surface area contributed by atoms with Gasteiger partial charge in [0.15, 0.2) is 0 Å². The van der Waals surface area contributed by atoms with E-state index in [0.29, 0.717) is 31.0 Å². The molecule has 3 aliphatic rings. The average Bonchev–Trinajstić information content (AvgIpc) is 2.68. The van der Waals surface area contributed by atoms with Crippen LogP contribution in [0.2, 0.25) is 0 Å². The number of likely N-dealkylation sites (tertiary alicyclic amines) is 1. The summed E-state index contributed by atoms with van der Waals surface area (Å²) in [7, 11) is 0.